The monoisotopic (exact) mass is 840 g/mol. The summed E-state index contributed by atoms with van der Waals surface area (Å²) in [4.78, 5) is 0. The van der Waals surface area contributed by atoms with Crippen molar-refractivity contribution < 1.29 is 0 Å². The zero-order chi connectivity index (χ0) is 43.6. The maximum Gasteiger partial charge on any atom is 0.0474 e. The van der Waals surface area contributed by atoms with Gasteiger partial charge in [-0.3, -0.25) is 0 Å². The fourth-order valence-electron chi connectivity index (χ4n) is 12.2. The summed E-state index contributed by atoms with van der Waals surface area (Å²) in [7, 11) is 0. The van der Waals surface area contributed by atoms with Gasteiger partial charge in [-0.25, -0.2) is 0 Å². The first kappa shape index (κ1) is 37.2. The molecule has 2 heteroatoms. The third kappa shape index (κ3) is 5.42. The minimum Gasteiger partial charge on any atom is -0.398 e. The van der Waals surface area contributed by atoms with E-state index in [0.717, 1.165) is 70.4 Å². The van der Waals surface area contributed by atoms with E-state index in [2.05, 4.69) is 194 Å². The summed E-state index contributed by atoms with van der Waals surface area (Å²) in [5, 5.41) is 0. The number of anilines is 2. The van der Waals surface area contributed by atoms with Crippen LogP contribution < -0.4 is 11.5 Å². The van der Waals surface area contributed by atoms with Gasteiger partial charge in [-0.05, 0) is 172 Å². The van der Waals surface area contributed by atoms with E-state index < -0.39 is 0 Å². The highest BCUT2D eigenvalue weighted by molar-refractivity contribution is 6.02. The number of nitrogen functional groups attached to an aromatic ring is 2. The molecule has 0 aromatic heterocycles. The van der Waals surface area contributed by atoms with Crippen LogP contribution in [0.5, 0.6) is 0 Å². The van der Waals surface area contributed by atoms with E-state index in [9.17, 15) is 0 Å². The molecular weight excluding hydrogens is 797 g/mol. The number of hydrogen-bond acceptors (Lipinski definition) is 2. The Bertz CT molecular complexity index is 3250. The predicted octanol–water partition coefficient (Wildman–Crippen LogP) is 15.5. The largest absolute Gasteiger partial charge is 0.398 e. The first-order valence-electron chi connectivity index (χ1n) is 23.3. The van der Waals surface area contributed by atoms with Gasteiger partial charge in [-0.15, -0.1) is 0 Å². The molecule has 0 saturated carbocycles. The Morgan fingerprint density at radius 3 is 0.652 bits per heavy atom. The Balaban J connectivity index is 1.04. The molecule has 0 amide bonds. The Hall–Kier alpha value is -8.20. The predicted molar refractivity (Wildman–Crippen MR) is 275 cm³/mol. The van der Waals surface area contributed by atoms with Crippen molar-refractivity contribution in [1.82, 2.24) is 0 Å². The van der Waals surface area contributed by atoms with Gasteiger partial charge in [0.2, 0.25) is 0 Å². The molecule has 10 aromatic carbocycles. The van der Waals surface area contributed by atoms with Gasteiger partial charge in [0.05, 0.1) is 0 Å². The van der Waals surface area contributed by atoms with Crippen LogP contribution in [0.4, 0.5) is 11.4 Å². The van der Waals surface area contributed by atoms with Crippen LogP contribution in [-0.4, -0.2) is 0 Å². The van der Waals surface area contributed by atoms with E-state index >= 15 is 0 Å². The van der Waals surface area contributed by atoms with Crippen molar-refractivity contribution >= 4 is 11.4 Å². The summed E-state index contributed by atoms with van der Waals surface area (Å²) < 4.78 is 0. The van der Waals surface area contributed by atoms with Gasteiger partial charge in [0.1, 0.15) is 0 Å². The number of benzene rings is 10. The summed E-state index contributed by atoms with van der Waals surface area (Å²) in [6.45, 7) is 0. The van der Waals surface area contributed by atoms with Crippen molar-refractivity contribution in [1.29, 1.82) is 0 Å². The van der Waals surface area contributed by atoms with Crippen LogP contribution in [0.2, 0.25) is 0 Å². The first-order chi connectivity index (χ1) is 32.6. The van der Waals surface area contributed by atoms with Crippen LogP contribution in [0.3, 0.4) is 0 Å². The third-order valence-corrected chi connectivity index (χ3v) is 15.3. The molecule has 66 heavy (non-hydrogen) atoms. The van der Waals surface area contributed by atoms with Gasteiger partial charge in [0.25, 0.3) is 0 Å². The van der Waals surface area contributed by atoms with Gasteiger partial charge < -0.3 is 11.5 Å². The standard InChI is InChI=1S/C64H44N2/c65-63-59(51-25-9-21-47-43-17-5-1-13-37(43)29-55(47)51)33-41(34-60(63)52-26-10-22-48-44-18-6-2-14-38(44)30-56(48)52)42-35-61(53-27-11-23-49-45-19-7-3-15-39(45)31-57(49)53)64(66)62(36-42)54-28-12-24-50-46-20-8-4-16-40(46)32-58(50)54/h1-28,33-36H,29-32,65-66H2. The van der Waals surface area contributed by atoms with Gasteiger partial charge in [-0.1, -0.05) is 170 Å². The molecule has 310 valence electrons. The Morgan fingerprint density at radius 2 is 0.409 bits per heavy atom. The lowest BCUT2D eigenvalue weighted by atomic mass is 9.84. The maximum absolute atomic E-state index is 7.65. The Labute approximate surface area is 385 Å². The van der Waals surface area contributed by atoms with Gasteiger partial charge in [0.15, 0.2) is 0 Å². The molecule has 0 spiro atoms. The second-order valence-electron chi connectivity index (χ2n) is 18.6. The molecule has 10 aromatic rings. The highest BCUT2D eigenvalue weighted by Crippen LogP contribution is 2.52. The van der Waals surface area contributed by atoms with Crippen LogP contribution >= 0.6 is 0 Å². The number of fused-ring (bicyclic) bond motifs is 12. The molecule has 0 fully saturated rings. The highest BCUT2D eigenvalue weighted by Gasteiger charge is 2.29. The van der Waals surface area contributed by atoms with E-state index in [1.807, 2.05) is 0 Å². The summed E-state index contributed by atoms with van der Waals surface area (Å²) in [5.74, 6) is 0. The number of nitrogens with two attached hydrogens (primary N) is 2. The van der Waals surface area contributed by atoms with Gasteiger partial charge in [0, 0.05) is 33.6 Å². The minimum atomic E-state index is 0.806. The van der Waals surface area contributed by atoms with Crippen LogP contribution in [-0.2, 0) is 25.7 Å². The molecular formula is C64H44N2. The summed E-state index contributed by atoms with van der Waals surface area (Å²) in [6.07, 6.45) is 3.48. The summed E-state index contributed by atoms with van der Waals surface area (Å²) in [5.41, 5.74) is 49.3. The van der Waals surface area contributed by atoms with E-state index in [0.29, 0.717) is 0 Å². The van der Waals surface area contributed by atoms with Crippen molar-refractivity contribution in [3.8, 4) is 100 Å². The molecule has 0 radical (unpaired) electrons. The molecule has 0 bridgehead atoms. The van der Waals surface area contributed by atoms with Crippen LogP contribution in [0.25, 0.3) is 100 Å². The lowest BCUT2D eigenvalue weighted by molar-refractivity contribution is 1.26. The highest BCUT2D eigenvalue weighted by atomic mass is 14.6. The summed E-state index contributed by atoms with van der Waals surface area (Å²) >= 11 is 0. The molecule has 0 heterocycles. The van der Waals surface area contributed by atoms with E-state index in [1.165, 1.54) is 111 Å². The normalized spacial score (nSPS) is 13.0. The van der Waals surface area contributed by atoms with E-state index in [-0.39, 0.29) is 0 Å². The molecule has 4 aliphatic rings. The fraction of sp³-hybridized carbons (Fsp3) is 0.0625. The molecule has 2 nitrogen and oxygen atoms in total. The zero-order valence-electron chi connectivity index (χ0n) is 36.5. The minimum absolute atomic E-state index is 0.806. The maximum atomic E-state index is 7.65. The fourth-order valence-corrected chi connectivity index (χ4v) is 12.2. The Morgan fingerprint density at radius 1 is 0.212 bits per heavy atom. The summed E-state index contributed by atoms with van der Waals surface area (Å²) in [6, 6.07) is 71.9. The van der Waals surface area contributed by atoms with Gasteiger partial charge in [-0.2, -0.15) is 0 Å². The van der Waals surface area contributed by atoms with Crippen LogP contribution in [0, 0.1) is 0 Å². The van der Waals surface area contributed by atoms with Gasteiger partial charge >= 0.3 is 0 Å². The molecule has 0 atom stereocenters. The molecule has 4 N–H and O–H groups in total. The SMILES string of the molecule is Nc1c(-c2cccc3c2Cc2ccccc2-3)cc(-c2cc(-c3cccc4c3Cc3ccccc3-4)c(N)c(-c3cccc4c3Cc3ccccc3-4)c2)cc1-c1cccc2c1Cc1ccccc1-2. The Kier molecular flexibility index (Phi) is 7.98. The number of hydrogen-bond donors (Lipinski definition) is 2. The second-order valence-corrected chi connectivity index (χ2v) is 18.6. The van der Waals surface area contributed by atoms with Crippen LogP contribution in [0.15, 0.2) is 194 Å². The number of rotatable bonds is 5. The van der Waals surface area contributed by atoms with Crippen molar-refractivity contribution in [2.45, 2.75) is 25.7 Å². The average Bonchev–Trinajstić information content (AvgIpc) is 4.15. The average molecular weight is 841 g/mol. The first-order valence-corrected chi connectivity index (χ1v) is 23.3. The topological polar surface area (TPSA) is 52.0 Å². The van der Waals surface area contributed by atoms with Crippen LogP contribution in [0.1, 0.15) is 44.5 Å². The second kappa shape index (κ2) is 14.1. The quantitative estimate of drug-likeness (QED) is 0.170. The molecule has 0 saturated heterocycles. The smallest absolute Gasteiger partial charge is 0.0474 e. The van der Waals surface area contributed by atoms with Crippen molar-refractivity contribution in [2.75, 3.05) is 11.5 Å². The lowest BCUT2D eigenvalue weighted by Crippen LogP contribution is -2.02. The van der Waals surface area contributed by atoms with Crippen molar-refractivity contribution in [3.05, 3.63) is 239 Å². The lowest BCUT2D eigenvalue weighted by Gasteiger charge is -2.22. The van der Waals surface area contributed by atoms with E-state index in [4.69, 9.17) is 11.5 Å². The third-order valence-electron chi connectivity index (χ3n) is 15.3. The molecule has 0 unspecified atom stereocenters. The molecule has 14 rings (SSSR count). The van der Waals surface area contributed by atoms with E-state index in [1.54, 1.807) is 0 Å². The van der Waals surface area contributed by atoms with Crippen molar-refractivity contribution in [2.24, 2.45) is 0 Å². The van der Waals surface area contributed by atoms with Crippen molar-refractivity contribution in [3.63, 3.8) is 0 Å². The molecule has 0 aliphatic heterocycles. The zero-order valence-corrected chi connectivity index (χ0v) is 36.5. The molecule has 4 aliphatic carbocycles.